The molecule has 9 heteroatoms. The van der Waals surface area contributed by atoms with Crippen molar-refractivity contribution in [1.82, 2.24) is 0 Å². The number of benzene rings is 1. The number of thiocarbonyl (C=S) groups is 1. The first-order valence-corrected chi connectivity index (χ1v) is 9.09. The molecule has 0 atom stereocenters. The molecular formula is C12H11BrN2O3S3. The predicted octanol–water partition coefficient (Wildman–Crippen LogP) is 2.95. The molecular weight excluding hydrogens is 396 g/mol. The first-order chi connectivity index (χ1) is 9.83. The summed E-state index contributed by atoms with van der Waals surface area (Å²) in [4.78, 5) is 0.727. The molecule has 1 aromatic carbocycles. The van der Waals surface area contributed by atoms with Gasteiger partial charge in [0.25, 0.3) is 10.0 Å². The largest absolute Gasteiger partial charge is 0.495 e. The van der Waals surface area contributed by atoms with Crippen molar-refractivity contribution in [3.05, 3.63) is 39.7 Å². The zero-order valence-corrected chi connectivity index (χ0v) is 14.8. The lowest BCUT2D eigenvalue weighted by atomic mass is 10.3. The Morgan fingerprint density at radius 2 is 2.10 bits per heavy atom. The third-order valence-electron chi connectivity index (χ3n) is 2.49. The van der Waals surface area contributed by atoms with Crippen LogP contribution < -0.4 is 15.2 Å². The fourth-order valence-corrected chi connectivity index (χ4v) is 4.33. The molecule has 1 aromatic heterocycles. The molecule has 0 spiro atoms. The summed E-state index contributed by atoms with van der Waals surface area (Å²) in [5.74, 6) is 0.533. The minimum atomic E-state index is -3.68. The Morgan fingerprint density at radius 3 is 2.67 bits per heavy atom. The molecule has 0 aliphatic heterocycles. The molecule has 0 bridgehead atoms. The van der Waals surface area contributed by atoms with Crippen LogP contribution in [0.5, 0.6) is 5.75 Å². The zero-order chi connectivity index (χ0) is 15.6. The van der Waals surface area contributed by atoms with Crippen LogP contribution >= 0.6 is 39.5 Å². The Bertz CT molecular complexity index is 787. The molecule has 0 aliphatic carbocycles. The molecule has 3 N–H and O–H groups in total. The Kier molecular flexibility index (Phi) is 4.87. The number of hydrogen-bond acceptors (Lipinski definition) is 5. The van der Waals surface area contributed by atoms with E-state index >= 15 is 0 Å². The van der Waals surface area contributed by atoms with E-state index in [2.05, 4.69) is 20.7 Å². The molecule has 0 fully saturated rings. The fourth-order valence-electron chi connectivity index (χ4n) is 1.53. The topological polar surface area (TPSA) is 81.4 Å². The predicted molar refractivity (Wildman–Crippen MR) is 91.7 cm³/mol. The van der Waals surface area contributed by atoms with Gasteiger partial charge in [0, 0.05) is 6.07 Å². The van der Waals surface area contributed by atoms with Gasteiger partial charge >= 0.3 is 0 Å². The van der Waals surface area contributed by atoms with Crippen molar-refractivity contribution in [1.29, 1.82) is 0 Å². The van der Waals surface area contributed by atoms with E-state index in [1.54, 1.807) is 24.3 Å². The maximum Gasteiger partial charge on any atom is 0.271 e. The minimum absolute atomic E-state index is 0.146. The Balaban J connectivity index is 2.30. The van der Waals surface area contributed by atoms with Gasteiger partial charge < -0.3 is 10.5 Å². The van der Waals surface area contributed by atoms with E-state index in [0.717, 1.165) is 15.8 Å². The van der Waals surface area contributed by atoms with Gasteiger partial charge in [0.1, 0.15) is 14.9 Å². The smallest absolute Gasteiger partial charge is 0.271 e. The summed E-state index contributed by atoms with van der Waals surface area (Å²) in [6, 6.07) is 7.98. The van der Waals surface area contributed by atoms with Crippen molar-refractivity contribution >= 4 is 60.2 Å². The minimum Gasteiger partial charge on any atom is -0.495 e. The van der Waals surface area contributed by atoms with Crippen molar-refractivity contribution < 1.29 is 13.2 Å². The van der Waals surface area contributed by atoms with Crippen molar-refractivity contribution in [2.45, 2.75) is 4.21 Å². The third-order valence-corrected chi connectivity index (χ3v) is 6.49. The highest BCUT2D eigenvalue weighted by Crippen LogP contribution is 2.30. The van der Waals surface area contributed by atoms with Gasteiger partial charge in [-0.05, 0) is 40.2 Å². The summed E-state index contributed by atoms with van der Waals surface area (Å²) in [6.45, 7) is 0. The second-order valence-corrected chi connectivity index (χ2v) is 8.22. The summed E-state index contributed by atoms with van der Waals surface area (Å²) in [6.07, 6.45) is 0. The van der Waals surface area contributed by atoms with Gasteiger partial charge in [0.05, 0.1) is 22.1 Å². The summed E-state index contributed by atoms with van der Waals surface area (Å²) in [5, 5.41) is 0. The maximum atomic E-state index is 12.3. The number of ether oxygens (including phenoxy) is 1. The van der Waals surface area contributed by atoms with Gasteiger partial charge in [-0.2, -0.15) is 0 Å². The molecule has 21 heavy (non-hydrogen) atoms. The lowest BCUT2D eigenvalue weighted by Crippen LogP contribution is -2.11. The maximum absolute atomic E-state index is 12.3. The summed E-state index contributed by atoms with van der Waals surface area (Å²) in [5.41, 5.74) is 5.89. The lowest BCUT2D eigenvalue weighted by Gasteiger charge is -2.09. The number of thiophene rings is 1. The molecule has 112 valence electrons. The average Bonchev–Trinajstić information content (AvgIpc) is 2.91. The molecule has 0 aliphatic rings. The van der Waals surface area contributed by atoms with Crippen LogP contribution in [0.15, 0.2) is 39.0 Å². The van der Waals surface area contributed by atoms with E-state index in [0.29, 0.717) is 16.3 Å². The molecule has 0 saturated heterocycles. The molecule has 0 unspecified atom stereocenters. The standard InChI is InChI=1S/C12H11BrN2O3S3/c1-18-9-6-7(2-3-8(9)13)15-21(16,17)11-5-4-10(20-11)12(14)19/h2-6,15H,1H3,(H2,14,19). The van der Waals surface area contributed by atoms with E-state index in [1.165, 1.54) is 13.2 Å². The summed E-state index contributed by atoms with van der Waals surface area (Å²) in [7, 11) is -2.18. The molecule has 0 radical (unpaired) electrons. The van der Waals surface area contributed by atoms with Crippen LogP contribution in [0, 0.1) is 0 Å². The van der Waals surface area contributed by atoms with Gasteiger partial charge in [0.2, 0.25) is 0 Å². The molecule has 5 nitrogen and oxygen atoms in total. The van der Waals surface area contributed by atoms with Crippen LogP contribution in [0.25, 0.3) is 0 Å². The Morgan fingerprint density at radius 1 is 1.38 bits per heavy atom. The molecule has 0 saturated carbocycles. The normalized spacial score (nSPS) is 11.1. The number of halogens is 1. The molecule has 2 aromatic rings. The summed E-state index contributed by atoms with van der Waals surface area (Å²) >= 11 is 9.16. The number of rotatable bonds is 5. The van der Waals surface area contributed by atoms with Crippen molar-refractivity contribution in [2.75, 3.05) is 11.8 Å². The van der Waals surface area contributed by atoms with Crippen LogP contribution in [0.4, 0.5) is 5.69 Å². The number of methoxy groups -OCH3 is 1. The number of nitrogens with one attached hydrogen (secondary N) is 1. The van der Waals surface area contributed by atoms with Crippen LogP contribution in [0.1, 0.15) is 4.88 Å². The highest BCUT2D eigenvalue weighted by atomic mass is 79.9. The van der Waals surface area contributed by atoms with Gasteiger partial charge in [-0.25, -0.2) is 8.42 Å². The molecule has 2 rings (SSSR count). The van der Waals surface area contributed by atoms with E-state index in [9.17, 15) is 8.42 Å². The van der Waals surface area contributed by atoms with Crippen LogP contribution in [0.2, 0.25) is 0 Å². The zero-order valence-electron chi connectivity index (χ0n) is 10.8. The monoisotopic (exact) mass is 406 g/mol. The first-order valence-electron chi connectivity index (χ1n) is 5.59. The average molecular weight is 407 g/mol. The number of nitrogens with two attached hydrogens (primary N) is 1. The quantitative estimate of drug-likeness (QED) is 0.745. The van der Waals surface area contributed by atoms with Crippen LogP contribution in [0.3, 0.4) is 0 Å². The second-order valence-electron chi connectivity index (χ2n) is 3.94. The van der Waals surface area contributed by atoms with Crippen molar-refractivity contribution in [3.63, 3.8) is 0 Å². The highest BCUT2D eigenvalue weighted by Gasteiger charge is 2.18. The van der Waals surface area contributed by atoms with Crippen molar-refractivity contribution in [2.24, 2.45) is 5.73 Å². The fraction of sp³-hybridized carbons (Fsp3) is 0.0833. The van der Waals surface area contributed by atoms with Gasteiger partial charge in [-0.15, -0.1) is 11.3 Å². The van der Waals surface area contributed by atoms with Gasteiger partial charge in [-0.3, -0.25) is 4.72 Å². The Labute approximate surface area is 140 Å². The first kappa shape index (κ1) is 16.2. The van der Waals surface area contributed by atoms with E-state index in [4.69, 9.17) is 22.7 Å². The molecule has 0 amide bonds. The van der Waals surface area contributed by atoms with Crippen molar-refractivity contribution in [3.8, 4) is 5.75 Å². The van der Waals surface area contributed by atoms with Crippen LogP contribution in [-0.4, -0.2) is 20.5 Å². The van der Waals surface area contributed by atoms with Gasteiger partial charge in [-0.1, -0.05) is 12.2 Å². The van der Waals surface area contributed by atoms with E-state index < -0.39 is 10.0 Å². The number of sulfonamides is 1. The summed E-state index contributed by atoms with van der Waals surface area (Å²) < 4.78 is 33.1. The lowest BCUT2D eigenvalue weighted by molar-refractivity contribution is 0.412. The number of anilines is 1. The van der Waals surface area contributed by atoms with E-state index in [-0.39, 0.29) is 9.20 Å². The number of hydrogen-bond donors (Lipinski definition) is 2. The van der Waals surface area contributed by atoms with E-state index in [1.807, 2.05) is 0 Å². The third kappa shape index (κ3) is 3.73. The highest BCUT2D eigenvalue weighted by molar-refractivity contribution is 9.10. The molecule has 1 heterocycles. The van der Waals surface area contributed by atoms with Crippen LogP contribution in [-0.2, 0) is 10.0 Å². The Hall–Kier alpha value is -1.16. The van der Waals surface area contributed by atoms with Gasteiger partial charge in [0.15, 0.2) is 0 Å². The second kappa shape index (κ2) is 6.30. The SMILES string of the molecule is COc1cc(NS(=O)(=O)c2ccc(C(N)=S)s2)ccc1Br.